The first-order chi connectivity index (χ1) is 8.67. The van der Waals surface area contributed by atoms with Crippen molar-refractivity contribution in [3.63, 3.8) is 0 Å². The predicted octanol–water partition coefficient (Wildman–Crippen LogP) is 2.33. The lowest BCUT2D eigenvalue weighted by molar-refractivity contribution is -0.115. The average Bonchev–Trinajstić information content (AvgIpc) is 2.37. The van der Waals surface area contributed by atoms with Gasteiger partial charge in [-0.15, -0.1) is 6.58 Å². The highest BCUT2D eigenvalue weighted by Crippen LogP contribution is 2.10. The van der Waals surface area contributed by atoms with E-state index in [0.717, 1.165) is 0 Å². The molecule has 0 unspecified atom stereocenters. The van der Waals surface area contributed by atoms with E-state index in [2.05, 4.69) is 33.1 Å². The van der Waals surface area contributed by atoms with Crippen molar-refractivity contribution >= 4 is 33.4 Å². The number of amides is 2. The Morgan fingerprint density at radius 2 is 1.94 bits per heavy atom. The van der Waals surface area contributed by atoms with E-state index in [1.807, 2.05) is 0 Å². The van der Waals surface area contributed by atoms with Gasteiger partial charge in [-0.3, -0.25) is 9.59 Å². The Balaban J connectivity index is 2.59. The molecule has 0 saturated carbocycles. The van der Waals surface area contributed by atoms with Crippen LogP contribution in [0.5, 0.6) is 0 Å². The van der Waals surface area contributed by atoms with Crippen LogP contribution in [0.3, 0.4) is 0 Å². The molecule has 1 aromatic rings. The molecule has 2 amide bonds. The number of carbonyl (C=O) groups is 2. The van der Waals surface area contributed by atoms with Crippen molar-refractivity contribution in [3.05, 3.63) is 42.5 Å². The molecule has 0 atom stereocenters. The van der Waals surface area contributed by atoms with Crippen LogP contribution in [-0.2, 0) is 4.79 Å². The van der Waals surface area contributed by atoms with Gasteiger partial charge in [0.25, 0.3) is 5.91 Å². The molecule has 1 aromatic carbocycles. The van der Waals surface area contributed by atoms with E-state index in [4.69, 9.17) is 0 Å². The molecule has 0 fully saturated rings. The van der Waals surface area contributed by atoms with Gasteiger partial charge in [0.15, 0.2) is 0 Å². The molecule has 2 N–H and O–H groups in total. The Morgan fingerprint density at radius 1 is 1.28 bits per heavy atom. The van der Waals surface area contributed by atoms with Gasteiger partial charge in [0.2, 0.25) is 5.91 Å². The molecule has 18 heavy (non-hydrogen) atoms. The van der Waals surface area contributed by atoms with Crippen LogP contribution in [0.2, 0.25) is 0 Å². The van der Waals surface area contributed by atoms with Crippen LogP contribution >= 0.6 is 15.9 Å². The van der Waals surface area contributed by atoms with E-state index in [1.165, 1.54) is 0 Å². The van der Waals surface area contributed by atoms with Gasteiger partial charge in [0.05, 0.1) is 0 Å². The fraction of sp³-hybridized carbons (Fsp3) is 0.231. The first kappa shape index (κ1) is 14.4. The van der Waals surface area contributed by atoms with Gasteiger partial charge in [-0.1, -0.05) is 22.0 Å². The molecule has 4 nitrogen and oxygen atoms in total. The van der Waals surface area contributed by atoms with Crippen LogP contribution in [0.15, 0.2) is 36.9 Å². The Morgan fingerprint density at radius 3 is 2.50 bits per heavy atom. The number of rotatable bonds is 6. The third kappa shape index (κ3) is 4.71. The summed E-state index contributed by atoms with van der Waals surface area (Å²) in [4.78, 5) is 22.9. The Bertz CT molecular complexity index is 429. The molecule has 0 radical (unpaired) electrons. The summed E-state index contributed by atoms with van der Waals surface area (Å²) < 4.78 is 0. The van der Waals surface area contributed by atoms with Crippen LogP contribution in [0.4, 0.5) is 5.69 Å². The standard InChI is InChI=1S/C13H15BrN2O2/c1-2-9-15-13(18)10-3-5-11(6-4-10)16-12(17)7-8-14/h2-6H,1,7-9H2,(H,15,18)(H,16,17). The lowest BCUT2D eigenvalue weighted by atomic mass is 10.2. The maximum absolute atomic E-state index is 11.6. The summed E-state index contributed by atoms with van der Waals surface area (Å²) in [6, 6.07) is 6.74. The first-order valence-electron chi connectivity index (χ1n) is 5.52. The molecule has 0 aromatic heterocycles. The minimum atomic E-state index is -0.159. The molecule has 0 saturated heterocycles. The van der Waals surface area contributed by atoms with Crippen molar-refractivity contribution in [2.75, 3.05) is 17.2 Å². The van der Waals surface area contributed by atoms with Crippen LogP contribution in [0.25, 0.3) is 0 Å². The fourth-order valence-corrected chi connectivity index (χ4v) is 1.64. The topological polar surface area (TPSA) is 58.2 Å². The number of anilines is 1. The van der Waals surface area contributed by atoms with Crippen molar-refractivity contribution in [1.82, 2.24) is 5.32 Å². The lowest BCUT2D eigenvalue weighted by Crippen LogP contribution is -2.23. The van der Waals surface area contributed by atoms with Gasteiger partial charge in [0, 0.05) is 29.5 Å². The smallest absolute Gasteiger partial charge is 0.251 e. The zero-order chi connectivity index (χ0) is 13.4. The molecule has 96 valence electrons. The fourth-order valence-electron chi connectivity index (χ4n) is 1.28. The van der Waals surface area contributed by atoms with E-state index < -0.39 is 0 Å². The number of nitrogens with one attached hydrogen (secondary N) is 2. The molecule has 0 aliphatic carbocycles. The number of alkyl halides is 1. The molecule has 0 aliphatic rings. The molecular formula is C13H15BrN2O2. The molecule has 0 heterocycles. The predicted molar refractivity (Wildman–Crippen MR) is 76.0 cm³/mol. The number of halogens is 1. The second-order valence-electron chi connectivity index (χ2n) is 3.56. The number of benzene rings is 1. The summed E-state index contributed by atoms with van der Waals surface area (Å²) in [6.07, 6.45) is 2.04. The van der Waals surface area contributed by atoms with Crippen LogP contribution in [0, 0.1) is 0 Å². The second kappa shape index (κ2) is 7.66. The maximum atomic E-state index is 11.6. The number of hydrogen-bond donors (Lipinski definition) is 2. The quantitative estimate of drug-likeness (QED) is 0.626. The zero-order valence-corrected chi connectivity index (χ0v) is 11.5. The van der Waals surface area contributed by atoms with E-state index in [1.54, 1.807) is 30.3 Å². The normalized spacial score (nSPS) is 9.61. The highest BCUT2D eigenvalue weighted by atomic mass is 79.9. The molecule has 0 bridgehead atoms. The summed E-state index contributed by atoms with van der Waals surface area (Å²) in [5.74, 6) is -0.219. The van der Waals surface area contributed by atoms with Crippen LogP contribution < -0.4 is 10.6 Å². The third-order valence-corrected chi connectivity index (χ3v) is 2.56. The minimum absolute atomic E-state index is 0.0595. The summed E-state index contributed by atoms with van der Waals surface area (Å²) >= 11 is 3.20. The van der Waals surface area contributed by atoms with Gasteiger partial charge in [-0.05, 0) is 24.3 Å². The summed E-state index contributed by atoms with van der Waals surface area (Å²) in [6.45, 7) is 3.96. The van der Waals surface area contributed by atoms with E-state index in [0.29, 0.717) is 29.5 Å². The van der Waals surface area contributed by atoms with E-state index >= 15 is 0 Å². The Hall–Kier alpha value is -1.62. The van der Waals surface area contributed by atoms with Gasteiger partial charge in [-0.2, -0.15) is 0 Å². The zero-order valence-electron chi connectivity index (χ0n) is 9.91. The van der Waals surface area contributed by atoms with E-state index in [9.17, 15) is 9.59 Å². The monoisotopic (exact) mass is 310 g/mol. The largest absolute Gasteiger partial charge is 0.349 e. The van der Waals surface area contributed by atoms with Gasteiger partial charge in [0.1, 0.15) is 0 Å². The Labute approximate surface area is 115 Å². The van der Waals surface area contributed by atoms with Gasteiger partial charge < -0.3 is 10.6 Å². The second-order valence-corrected chi connectivity index (χ2v) is 4.36. The van der Waals surface area contributed by atoms with Crippen molar-refractivity contribution in [3.8, 4) is 0 Å². The number of carbonyl (C=O) groups excluding carboxylic acids is 2. The molecule has 5 heteroatoms. The SMILES string of the molecule is C=CCNC(=O)c1ccc(NC(=O)CCBr)cc1. The molecule has 0 aliphatic heterocycles. The van der Waals surface area contributed by atoms with Crippen molar-refractivity contribution in [1.29, 1.82) is 0 Å². The Kier molecular flexibility index (Phi) is 6.14. The van der Waals surface area contributed by atoms with Gasteiger partial charge in [-0.25, -0.2) is 0 Å². The van der Waals surface area contributed by atoms with Crippen molar-refractivity contribution in [2.45, 2.75) is 6.42 Å². The molecule has 0 spiro atoms. The lowest BCUT2D eigenvalue weighted by Gasteiger charge is -2.06. The first-order valence-corrected chi connectivity index (χ1v) is 6.64. The summed E-state index contributed by atoms with van der Waals surface area (Å²) in [7, 11) is 0. The van der Waals surface area contributed by atoms with Crippen LogP contribution in [0.1, 0.15) is 16.8 Å². The minimum Gasteiger partial charge on any atom is -0.349 e. The highest BCUT2D eigenvalue weighted by molar-refractivity contribution is 9.09. The van der Waals surface area contributed by atoms with Gasteiger partial charge >= 0.3 is 0 Å². The third-order valence-electron chi connectivity index (χ3n) is 2.16. The van der Waals surface area contributed by atoms with Crippen molar-refractivity contribution < 1.29 is 9.59 Å². The number of hydrogen-bond acceptors (Lipinski definition) is 2. The van der Waals surface area contributed by atoms with E-state index in [-0.39, 0.29) is 11.8 Å². The summed E-state index contributed by atoms with van der Waals surface area (Å²) in [5.41, 5.74) is 1.23. The summed E-state index contributed by atoms with van der Waals surface area (Å²) in [5, 5.41) is 6.04. The highest BCUT2D eigenvalue weighted by Gasteiger charge is 2.05. The average molecular weight is 311 g/mol. The molecular weight excluding hydrogens is 296 g/mol. The van der Waals surface area contributed by atoms with Crippen molar-refractivity contribution in [2.24, 2.45) is 0 Å². The molecule has 1 rings (SSSR count). The van der Waals surface area contributed by atoms with Crippen LogP contribution in [-0.4, -0.2) is 23.7 Å². The maximum Gasteiger partial charge on any atom is 0.251 e.